The molecule has 0 N–H and O–H groups in total. The molecule has 0 aliphatic rings. The van der Waals surface area contributed by atoms with Crippen LogP contribution in [0.4, 0.5) is 0 Å². The predicted octanol–water partition coefficient (Wildman–Crippen LogP) is 3.77. The SMILES string of the molecule is COc1c(OC(C)C)c(=O)oc2cccc(OC(C)(C)C)c12. The second-order valence-electron chi connectivity index (χ2n) is 6.26. The van der Waals surface area contributed by atoms with Crippen LogP contribution in [0, 0.1) is 0 Å². The van der Waals surface area contributed by atoms with Crippen molar-refractivity contribution in [2.45, 2.75) is 46.3 Å². The van der Waals surface area contributed by atoms with E-state index in [4.69, 9.17) is 18.6 Å². The Balaban J connectivity index is 2.76. The Hall–Kier alpha value is -2.17. The van der Waals surface area contributed by atoms with E-state index in [2.05, 4.69) is 0 Å². The van der Waals surface area contributed by atoms with Crippen LogP contribution >= 0.6 is 0 Å². The lowest BCUT2D eigenvalue weighted by atomic mass is 10.1. The van der Waals surface area contributed by atoms with Gasteiger partial charge in [-0.1, -0.05) is 6.07 Å². The van der Waals surface area contributed by atoms with E-state index in [1.807, 2.05) is 40.7 Å². The van der Waals surface area contributed by atoms with Crippen LogP contribution in [0.5, 0.6) is 17.2 Å². The van der Waals surface area contributed by atoms with Gasteiger partial charge in [0.1, 0.15) is 22.3 Å². The molecule has 1 heterocycles. The molecule has 0 saturated heterocycles. The minimum absolute atomic E-state index is 0.0648. The Kier molecular flexibility index (Phi) is 4.35. The van der Waals surface area contributed by atoms with Gasteiger partial charge >= 0.3 is 5.63 Å². The monoisotopic (exact) mass is 306 g/mol. The van der Waals surface area contributed by atoms with Gasteiger partial charge in [0.05, 0.1) is 13.2 Å². The first-order valence-electron chi connectivity index (χ1n) is 7.22. The molecule has 22 heavy (non-hydrogen) atoms. The van der Waals surface area contributed by atoms with Crippen LogP contribution in [-0.2, 0) is 0 Å². The highest BCUT2D eigenvalue weighted by molar-refractivity contribution is 5.91. The van der Waals surface area contributed by atoms with Crippen LogP contribution in [0.25, 0.3) is 11.0 Å². The van der Waals surface area contributed by atoms with Gasteiger partial charge in [0.2, 0.25) is 5.75 Å². The molecule has 120 valence electrons. The van der Waals surface area contributed by atoms with Crippen LogP contribution in [-0.4, -0.2) is 18.8 Å². The van der Waals surface area contributed by atoms with Crippen LogP contribution < -0.4 is 19.8 Å². The van der Waals surface area contributed by atoms with Gasteiger partial charge in [0, 0.05) is 0 Å². The Labute approximate surface area is 129 Å². The van der Waals surface area contributed by atoms with Crippen molar-refractivity contribution in [3.63, 3.8) is 0 Å². The maximum atomic E-state index is 12.1. The summed E-state index contributed by atoms with van der Waals surface area (Å²) in [5, 5.41) is 0.593. The van der Waals surface area contributed by atoms with E-state index >= 15 is 0 Å². The number of hydrogen-bond acceptors (Lipinski definition) is 5. The standard InChI is InChI=1S/C17H22O5/c1-10(2)20-15-14(19-6)13-11(21-16(15)18)8-7-9-12(13)22-17(3,4)5/h7-10H,1-6H3. The molecule has 0 fully saturated rings. The third-order valence-electron chi connectivity index (χ3n) is 2.78. The molecule has 0 unspecified atom stereocenters. The molecule has 1 aromatic heterocycles. The van der Waals surface area contributed by atoms with Gasteiger partial charge in [-0.25, -0.2) is 4.79 Å². The molecule has 0 saturated carbocycles. The van der Waals surface area contributed by atoms with E-state index < -0.39 is 11.2 Å². The second-order valence-corrected chi connectivity index (χ2v) is 6.26. The average Bonchev–Trinajstić information content (AvgIpc) is 2.38. The fourth-order valence-electron chi connectivity index (χ4n) is 2.12. The van der Waals surface area contributed by atoms with E-state index in [-0.39, 0.29) is 11.9 Å². The number of hydrogen-bond donors (Lipinski definition) is 0. The highest BCUT2D eigenvalue weighted by atomic mass is 16.5. The Morgan fingerprint density at radius 1 is 1.14 bits per heavy atom. The van der Waals surface area contributed by atoms with Crippen LogP contribution in [0.2, 0.25) is 0 Å². The highest BCUT2D eigenvalue weighted by Crippen LogP contribution is 2.39. The summed E-state index contributed by atoms with van der Waals surface area (Å²) in [5.41, 5.74) is -0.556. The van der Waals surface area contributed by atoms with Gasteiger partial charge in [-0.15, -0.1) is 0 Å². The first-order valence-corrected chi connectivity index (χ1v) is 7.22. The normalized spacial score (nSPS) is 11.8. The number of fused-ring (bicyclic) bond motifs is 1. The van der Waals surface area contributed by atoms with Gasteiger partial charge < -0.3 is 18.6 Å². The van der Waals surface area contributed by atoms with Crippen molar-refractivity contribution in [1.29, 1.82) is 0 Å². The van der Waals surface area contributed by atoms with E-state index in [1.165, 1.54) is 7.11 Å². The smallest absolute Gasteiger partial charge is 0.383 e. The van der Waals surface area contributed by atoms with Crippen LogP contribution in [0.3, 0.4) is 0 Å². The molecular weight excluding hydrogens is 284 g/mol. The van der Waals surface area contributed by atoms with Crippen molar-refractivity contribution < 1.29 is 18.6 Å². The third-order valence-corrected chi connectivity index (χ3v) is 2.78. The predicted molar refractivity (Wildman–Crippen MR) is 85.2 cm³/mol. The topological polar surface area (TPSA) is 57.9 Å². The summed E-state index contributed by atoms with van der Waals surface area (Å²) >= 11 is 0. The van der Waals surface area contributed by atoms with E-state index in [0.717, 1.165) is 0 Å². The number of methoxy groups -OCH3 is 1. The van der Waals surface area contributed by atoms with Crippen molar-refractivity contribution in [3.8, 4) is 17.2 Å². The van der Waals surface area contributed by atoms with Gasteiger partial charge in [0.15, 0.2) is 5.75 Å². The maximum absolute atomic E-state index is 12.1. The minimum atomic E-state index is -0.564. The fraction of sp³-hybridized carbons (Fsp3) is 0.471. The maximum Gasteiger partial charge on any atom is 0.383 e. The first kappa shape index (κ1) is 16.2. The molecule has 0 aliphatic carbocycles. The molecule has 0 amide bonds. The Morgan fingerprint density at radius 3 is 2.36 bits per heavy atom. The lowest BCUT2D eigenvalue weighted by molar-refractivity contribution is 0.132. The van der Waals surface area contributed by atoms with Gasteiger partial charge in [-0.2, -0.15) is 0 Å². The summed E-state index contributed by atoms with van der Waals surface area (Å²) in [5.74, 6) is 0.981. The molecule has 5 heteroatoms. The molecule has 2 aromatic rings. The first-order chi connectivity index (χ1) is 10.2. The molecule has 5 nitrogen and oxygen atoms in total. The quantitative estimate of drug-likeness (QED) is 0.805. The van der Waals surface area contributed by atoms with Crippen molar-refractivity contribution in [3.05, 3.63) is 28.6 Å². The zero-order valence-corrected chi connectivity index (χ0v) is 13.9. The summed E-state index contributed by atoms with van der Waals surface area (Å²) in [6, 6.07) is 5.29. The molecule has 0 bridgehead atoms. The Morgan fingerprint density at radius 2 is 1.82 bits per heavy atom. The molecule has 0 spiro atoms. The van der Waals surface area contributed by atoms with Gasteiger partial charge in [0.25, 0.3) is 0 Å². The molecule has 0 radical (unpaired) electrons. The van der Waals surface area contributed by atoms with E-state index in [0.29, 0.717) is 22.5 Å². The number of rotatable bonds is 4. The van der Waals surface area contributed by atoms with Crippen LogP contribution in [0.15, 0.2) is 27.4 Å². The third kappa shape index (κ3) is 3.35. The van der Waals surface area contributed by atoms with Crippen molar-refractivity contribution in [1.82, 2.24) is 0 Å². The summed E-state index contributed by atoms with van der Waals surface area (Å²) < 4.78 is 22.3. The molecule has 1 aromatic carbocycles. The molecule has 0 aliphatic heterocycles. The van der Waals surface area contributed by atoms with Crippen molar-refractivity contribution >= 4 is 11.0 Å². The zero-order valence-electron chi connectivity index (χ0n) is 13.9. The summed E-state index contributed by atoms with van der Waals surface area (Å²) in [4.78, 5) is 12.1. The summed E-state index contributed by atoms with van der Waals surface area (Å²) in [7, 11) is 1.50. The number of benzene rings is 1. The lowest BCUT2D eigenvalue weighted by Crippen LogP contribution is -2.23. The largest absolute Gasteiger partial charge is 0.492 e. The van der Waals surface area contributed by atoms with Gasteiger partial charge in [-0.05, 0) is 46.8 Å². The van der Waals surface area contributed by atoms with Crippen molar-refractivity contribution in [2.75, 3.05) is 7.11 Å². The fourth-order valence-corrected chi connectivity index (χ4v) is 2.12. The van der Waals surface area contributed by atoms with E-state index in [1.54, 1.807) is 12.1 Å². The molecule has 0 atom stereocenters. The Bertz CT molecular complexity index is 722. The highest BCUT2D eigenvalue weighted by Gasteiger charge is 2.23. The summed E-state index contributed by atoms with van der Waals surface area (Å²) in [6.07, 6.45) is -0.176. The van der Waals surface area contributed by atoms with Crippen LogP contribution in [0.1, 0.15) is 34.6 Å². The minimum Gasteiger partial charge on any atom is -0.492 e. The summed E-state index contributed by atoms with van der Waals surface area (Å²) in [6.45, 7) is 9.51. The molecule has 2 rings (SSSR count). The average molecular weight is 306 g/mol. The van der Waals surface area contributed by atoms with E-state index in [9.17, 15) is 4.79 Å². The zero-order chi connectivity index (χ0) is 16.5. The van der Waals surface area contributed by atoms with Gasteiger partial charge in [-0.3, -0.25) is 0 Å². The lowest BCUT2D eigenvalue weighted by Gasteiger charge is -2.23. The van der Waals surface area contributed by atoms with Crippen molar-refractivity contribution in [2.24, 2.45) is 0 Å². The second kappa shape index (κ2) is 5.91. The molecular formula is C17H22O5. The number of ether oxygens (including phenoxy) is 3.